The van der Waals surface area contributed by atoms with Crippen LogP contribution < -0.4 is 14.8 Å². The molecular weight excluding hydrogens is 344 g/mol. The van der Waals surface area contributed by atoms with Crippen molar-refractivity contribution >= 4 is 34.2 Å². The van der Waals surface area contributed by atoms with E-state index < -0.39 is 0 Å². The summed E-state index contributed by atoms with van der Waals surface area (Å²) in [6, 6.07) is 8.92. The van der Waals surface area contributed by atoms with Crippen LogP contribution in [0.4, 0.5) is 5.69 Å². The number of carbonyl (C=O) groups excluding carboxylic acids is 1. The van der Waals surface area contributed by atoms with Gasteiger partial charge in [-0.15, -0.1) is 0 Å². The highest BCUT2D eigenvalue weighted by Gasteiger charge is 2.16. The van der Waals surface area contributed by atoms with Crippen LogP contribution in [0.25, 0.3) is 11.0 Å². The highest BCUT2D eigenvalue weighted by Crippen LogP contribution is 2.36. The van der Waals surface area contributed by atoms with Gasteiger partial charge in [0.2, 0.25) is 5.91 Å². The molecule has 0 fully saturated rings. The fraction of sp³-hybridized carbons (Fsp3) is 0.222. The van der Waals surface area contributed by atoms with Crippen molar-refractivity contribution in [3.63, 3.8) is 0 Å². The molecule has 0 aliphatic heterocycles. The molecular formula is C18H17ClN2O4. The molecule has 1 aromatic heterocycles. The first kappa shape index (κ1) is 17.1. The molecule has 1 amide bonds. The van der Waals surface area contributed by atoms with E-state index in [1.807, 2.05) is 25.1 Å². The third-order valence-corrected chi connectivity index (χ3v) is 4.07. The zero-order valence-electron chi connectivity index (χ0n) is 14.1. The van der Waals surface area contributed by atoms with Gasteiger partial charge in [-0.25, -0.2) is 0 Å². The summed E-state index contributed by atoms with van der Waals surface area (Å²) in [5.74, 6) is 0.668. The average molecular weight is 361 g/mol. The molecule has 0 bridgehead atoms. The third-order valence-electron chi connectivity index (χ3n) is 3.78. The van der Waals surface area contributed by atoms with Crippen LogP contribution in [-0.2, 0) is 11.2 Å². The maximum absolute atomic E-state index is 12.4. The number of rotatable bonds is 5. The Balaban J connectivity index is 1.82. The molecule has 0 aliphatic carbocycles. The van der Waals surface area contributed by atoms with Crippen molar-refractivity contribution in [3.8, 4) is 11.5 Å². The molecule has 0 aliphatic rings. The Morgan fingerprint density at radius 1 is 1.20 bits per heavy atom. The molecule has 0 unspecified atom stereocenters. The monoisotopic (exact) mass is 360 g/mol. The van der Waals surface area contributed by atoms with Gasteiger partial charge in [0.1, 0.15) is 17.2 Å². The Hall–Kier alpha value is -2.73. The van der Waals surface area contributed by atoms with E-state index in [0.29, 0.717) is 33.5 Å². The summed E-state index contributed by atoms with van der Waals surface area (Å²) in [4.78, 5) is 12.4. The molecule has 1 N–H and O–H groups in total. The van der Waals surface area contributed by atoms with Crippen molar-refractivity contribution in [3.05, 3.63) is 46.6 Å². The number of ether oxygens (including phenoxy) is 2. The molecule has 3 aromatic rings. The van der Waals surface area contributed by atoms with Crippen LogP contribution in [0.15, 0.2) is 34.9 Å². The first-order valence-electron chi connectivity index (χ1n) is 7.58. The highest BCUT2D eigenvalue weighted by molar-refractivity contribution is 6.32. The summed E-state index contributed by atoms with van der Waals surface area (Å²) in [6.45, 7) is 1.97. The molecule has 130 valence electrons. The van der Waals surface area contributed by atoms with E-state index in [-0.39, 0.29) is 12.3 Å². The number of nitrogens with one attached hydrogen (secondary N) is 1. The summed E-state index contributed by atoms with van der Waals surface area (Å²) < 4.78 is 15.7. The van der Waals surface area contributed by atoms with Crippen LogP contribution in [0.5, 0.6) is 11.5 Å². The van der Waals surface area contributed by atoms with Crippen molar-refractivity contribution in [2.75, 3.05) is 19.5 Å². The van der Waals surface area contributed by atoms with E-state index in [1.54, 1.807) is 12.1 Å². The lowest BCUT2D eigenvalue weighted by atomic mass is 10.1. The van der Waals surface area contributed by atoms with Gasteiger partial charge in [0.05, 0.1) is 31.4 Å². The van der Waals surface area contributed by atoms with E-state index >= 15 is 0 Å². The number of fused-ring (bicyclic) bond motifs is 1. The number of hydrogen-bond donors (Lipinski definition) is 1. The van der Waals surface area contributed by atoms with Gasteiger partial charge in [0, 0.05) is 11.5 Å². The van der Waals surface area contributed by atoms with E-state index in [1.165, 1.54) is 14.2 Å². The molecule has 1 heterocycles. The van der Waals surface area contributed by atoms with Gasteiger partial charge in [0.25, 0.3) is 0 Å². The molecule has 2 aromatic carbocycles. The largest absolute Gasteiger partial charge is 0.495 e. The number of halogens is 1. The highest BCUT2D eigenvalue weighted by atomic mass is 35.5. The predicted octanol–water partition coefficient (Wildman–Crippen LogP) is 3.99. The Bertz CT molecular complexity index is 936. The predicted molar refractivity (Wildman–Crippen MR) is 95.6 cm³/mol. The van der Waals surface area contributed by atoms with Crippen LogP contribution >= 0.6 is 11.6 Å². The fourth-order valence-corrected chi connectivity index (χ4v) is 2.77. The molecule has 0 saturated carbocycles. The number of benzene rings is 2. The minimum atomic E-state index is -0.253. The lowest BCUT2D eigenvalue weighted by molar-refractivity contribution is -0.115. The molecule has 0 atom stereocenters. The summed E-state index contributed by atoms with van der Waals surface area (Å²) in [5.41, 5.74) is 2.76. The Morgan fingerprint density at radius 3 is 2.68 bits per heavy atom. The number of aromatic nitrogens is 1. The maximum atomic E-state index is 12.4. The van der Waals surface area contributed by atoms with Crippen molar-refractivity contribution < 1.29 is 18.8 Å². The van der Waals surface area contributed by atoms with Crippen molar-refractivity contribution in [1.29, 1.82) is 0 Å². The second-order valence-electron chi connectivity index (χ2n) is 5.54. The second kappa shape index (κ2) is 7.03. The molecule has 0 radical (unpaired) electrons. The Labute approximate surface area is 149 Å². The number of nitrogens with zero attached hydrogens (tertiary/aromatic N) is 1. The number of amides is 1. The summed E-state index contributed by atoms with van der Waals surface area (Å²) in [7, 11) is 3.02. The average Bonchev–Trinajstić information content (AvgIpc) is 2.97. The number of methoxy groups -OCH3 is 2. The van der Waals surface area contributed by atoms with Crippen molar-refractivity contribution in [2.45, 2.75) is 13.3 Å². The Morgan fingerprint density at radius 2 is 1.96 bits per heavy atom. The Kier molecular flexibility index (Phi) is 4.81. The lowest BCUT2D eigenvalue weighted by Crippen LogP contribution is -2.15. The molecule has 7 heteroatoms. The zero-order valence-corrected chi connectivity index (χ0v) is 14.8. The van der Waals surface area contributed by atoms with Gasteiger partial charge in [-0.05, 0) is 25.1 Å². The van der Waals surface area contributed by atoms with Crippen LogP contribution in [0.1, 0.15) is 11.3 Å². The van der Waals surface area contributed by atoms with E-state index in [2.05, 4.69) is 10.5 Å². The molecule has 6 nitrogen and oxygen atoms in total. The minimum absolute atomic E-state index is 0.0727. The second-order valence-corrected chi connectivity index (χ2v) is 5.95. The first-order valence-corrected chi connectivity index (χ1v) is 7.96. The molecule has 0 saturated heterocycles. The normalized spacial score (nSPS) is 10.7. The van der Waals surface area contributed by atoms with E-state index in [9.17, 15) is 4.79 Å². The zero-order chi connectivity index (χ0) is 18.0. The van der Waals surface area contributed by atoms with Crippen LogP contribution in [0, 0.1) is 6.92 Å². The number of hydrogen-bond acceptors (Lipinski definition) is 5. The van der Waals surface area contributed by atoms with E-state index in [0.717, 1.165) is 10.9 Å². The number of aryl methyl sites for hydroxylation is 1. The van der Waals surface area contributed by atoms with Gasteiger partial charge >= 0.3 is 0 Å². The van der Waals surface area contributed by atoms with Crippen LogP contribution in [0.2, 0.25) is 5.02 Å². The summed E-state index contributed by atoms with van der Waals surface area (Å²) in [6.07, 6.45) is 0.0727. The van der Waals surface area contributed by atoms with Gasteiger partial charge in [-0.3, -0.25) is 4.79 Å². The van der Waals surface area contributed by atoms with E-state index in [4.69, 9.17) is 25.6 Å². The number of carbonyl (C=O) groups is 1. The minimum Gasteiger partial charge on any atom is -0.495 e. The number of anilines is 1. The smallest absolute Gasteiger partial charge is 0.230 e. The van der Waals surface area contributed by atoms with Gasteiger partial charge < -0.3 is 19.3 Å². The topological polar surface area (TPSA) is 73.6 Å². The van der Waals surface area contributed by atoms with Gasteiger partial charge in [-0.2, -0.15) is 0 Å². The quantitative estimate of drug-likeness (QED) is 0.744. The van der Waals surface area contributed by atoms with Crippen LogP contribution in [-0.4, -0.2) is 25.3 Å². The molecule has 0 spiro atoms. The van der Waals surface area contributed by atoms with Crippen molar-refractivity contribution in [1.82, 2.24) is 5.16 Å². The SMILES string of the molecule is COc1cc(OC)c(NC(=O)Cc2noc3ccc(C)cc23)cc1Cl. The maximum Gasteiger partial charge on any atom is 0.230 e. The van der Waals surface area contributed by atoms with Crippen LogP contribution in [0.3, 0.4) is 0 Å². The first-order chi connectivity index (χ1) is 12.0. The summed E-state index contributed by atoms with van der Waals surface area (Å²) in [5, 5.41) is 7.98. The van der Waals surface area contributed by atoms with Gasteiger partial charge in [-0.1, -0.05) is 28.4 Å². The van der Waals surface area contributed by atoms with Gasteiger partial charge in [0.15, 0.2) is 5.58 Å². The standard InChI is InChI=1S/C18H17ClN2O4/c1-10-4-5-15-11(6-10)13(21-25-15)8-18(22)20-14-7-12(19)16(23-2)9-17(14)24-3/h4-7,9H,8H2,1-3H3,(H,20,22). The molecule has 25 heavy (non-hydrogen) atoms. The molecule has 3 rings (SSSR count). The fourth-order valence-electron chi connectivity index (χ4n) is 2.53. The summed E-state index contributed by atoms with van der Waals surface area (Å²) >= 11 is 6.12. The third kappa shape index (κ3) is 3.53. The van der Waals surface area contributed by atoms with Crippen molar-refractivity contribution in [2.24, 2.45) is 0 Å². The lowest BCUT2D eigenvalue weighted by Gasteiger charge is -2.12.